The fourth-order valence-corrected chi connectivity index (χ4v) is 1.01. The predicted octanol–water partition coefficient (Wildman–Crippen LogP) is 0.739. The minimum Gasteiger partial charge on any atom is -0.441 e. The van der Waals surface area contributed by atoms with Crippen LogP contribution in [0.5, 0.6) is 0 Å². The first-order chi connectivity index (χ1) is 6.26. The third kappa shape index (κ3) is 2.82. The van der Waals surface area contributed by atoms with Crippen LogP contribution in [0.25, 0.3) is 0 Å². The van der Waals surface area contributed by atoms with Crippen molar-refractivity contribution in [1.29, 1.82) is 0 Å². The molecule has 0 bridgehead atoms. The second-order valence-electron chi connectivity index (χ2n) is 2.73. The SMILES string of the molecule is C=CC(=O)OCN1C=CN(CC)C1. The van der Waals surface area contributed by atoms with Gasteiger partial charge in [0.1, 0.15) is 0 Å². The normalized spacial score (nSPS) is 14.8. The highest BCUT2D eigenvalue weighted by molar-refractivity contribution is 5.81. The molecular formula is C9H14N2O2. The number of hydrogen-bond donors (Lipinski definition) is 0. The molecule has 0 saturated carbocycles. The summed E-state index contributed by atoms with van der Waals surface area (Å²) in [6.07, 6.45) is 5.04. The van der Waals surface area contributed by atoms with E-state index >= 15 is 0 Å². The van der Waals surface area contributed by atoms with Crippen molar-refractivity contribution in [3.05, 3.63) is 25.1 Å². The van der Waals surface area contributed by atoms with Crippen molar-refractivity contribution in [2.45, 2.75) is 6.92 Å². The molecule has 0 N–H and O–H groups in total. The number of ether oxygens (including phenoxy) is 1. The third-order valence-corrected chi connectivity index (χ3v) is 1.80. The van der Waals surface area contributed by atoms with Crippen LogP contribution < -0.4 is 0 Å². The van der Waals surface area contributed by atoms with Crippen LogP contribution in [0.3, 0.4) is 0 Å². The zero-order valence-electron chi connectivity index (χ0n) is 7.77. The molecule has 13 heavy (non-hydrogen) atoms. The fourth-order valence-electron chi connectivity index (χ4n) is 1.01. The second-order valence-corrected chi connectivity index (χ2v) is 2.73. The monoisotopic (exact) mass is 182 g/mol. The molecule has 0 radical (unpaired) electrons. The van der Waals surface area contributed by atoms with Crippen LogP contribution in [0.15, 0.2) is 25.1 Å². The van der Waals surface area contributed by atoms with Crippen molar-refractivity contribution >= 4 is 5.97 Å². The van der Waals surface area contributed by atoms with Crippen molar-refractivity contribution in [2.24, 2.45) is 0 Å². The number of carbonyl (C=O) groups is 1. The van der Waals surface area contributed by atoms with E-state index in [2.05, 4.69) is 18.4 Å². The van der Waals surface area contributed by atoms with Gasteiger partial charge < -0.3 is 14.5 Å². The Hall–Kier alpha value is -1.45. The van der Waals surface area contributed by atoms with Crippen LogP contribution in [-0.4, -0.2) is 35.7 Å². The number of esters is 1. The summed E-state index contributed by atoms with van der Waals surface area (Å²) in [5.74, 6) is -0.386. The molecule has 4 nitrogen and oxygen atoms in total. The lowest BCUT2D eigenvalue weighted by molar-refractivity contribution is -0.141. The van der Waals surface area contributed by atoms with Gasteiger partial charge in [-0.05, 0) is 6.92 Å². The van der Waals surface area contributed by atoms with Crippen molar-refractivity contribution in [3.8, 4) is 0 Å². The minimum absolute atomic E-state index is 0.290. The van der Waals surface area contributed by atoms with E-state index < -0.39 is 0 Å². The molecule has 1 aliphatic rings. The maximum atomic E-state index is 10.7. The van der Waals surface area contributed by atoms with E-state index in [0.29, 0.717) is 0 Å². The van der Waals surface area contributed by atoms with E-state index in [1.165, 1.54) is 0 Å². The summed E-state index contributed by atoms with van der Waals surface area (Å²) >= 11 is 0. The van der Waals surface area contributed by atoms with E-state index in [-0.39, 0.29) is 12.7 Å². The highest BCUT2D eigenvalue weighted by Gasteiger charge is 2.10. The summed E-state index contributed by atoms with van der Waals surface area (Å²) in [7, 11) is 0. The van der Waals surface area contributed by atoms with Gasteiger partial charge in [0.15, 0.2) is 6.73 Å². The number of nitrogens with zero attached hydrogens (tertiary/aromatic N) is 2. The predicted molar refractivity (Wildman–Crippen MR) is 49.4 cm³/mol. The largest absolute Gasteiger partial charge is 0.441 e. The quantitative estimate of drug-likeness (QED) is 0.474. The number of carbonyl (C=O) groups excluding carboxylic acids is 1. The van der Waals surface area contributed by atoms with Gasteiger partial charge in [-0.15, -0.1) is 0 Å². The number of hydrogen-bond acceptors (Lipinski definition) is 4. The Bertz CT molecular complexity index is 226. The molecular weight excluding hydrogens is 168 g/mol. The van der Waals surface area contributed by atoms with Crippen molar-refractivity contribution < 1.29 is 9.53 Å². The van der Waals surface area contributed by atoms with Gasteiger partial charge in [0, 0.05) is 25.0 Å². The van der Waals surface area contributed by atoms with Gasteiger partial charge in [0.05, 0.1) is 6.67 Å². The van der Waals surface area contributed by atoms with Gasteiger partial charge in [-0.3, -0.25) is 0 Å². The molecule has 1 heterocycles. The Kier molecular flexibility index (Phi) is 3.37. The highest BCUT2D eigenvalue weighted by Crippen LogP contribution is 2.05. The van der Waals surface area contributed by atoms with Gasteiger partial charge in [-0.1, -0.05) is 6.58 Å². The second kappa shape index (κ2) is 4.54. The standard InChI is InChI=1S/C9H14N2O2/c1-3-9(12)13-8-11-6-5-10(4-2)7-11/h3,5-6H,1,4,7-8H2,2H3. The van der Waals surface area contributed by atoms with Crippen LogP contribution in [0.1, 0.15) is 6.92 Å². The highest BCUT2D eigenvalue weighted by atomic mass is 16.5. The van der Waals surface area contributed by atoms with Crippen molar-refractivity contribution in [2.75, 3.05) is 19.9 Å². The van der Waals surface area contributed by atoms with Crippen molar-refractivity contribution in [1.82, 2.24) is 9.80 Å². The summed E-state index contributed by atoms with van der Waals surface area (Å²) in [6.45, 7) is 7.42. The molecule has 0 aromatic heterocycles. The maximum Gasteiger partial charge on any atom is 0.331 e. The molecule has 1 rings (SSSR count). The average Bonchev–Trinajstić information content (AvgIpc) is 2.61. The van der Waals surface area contributed by atoms with E-state index in [0.717, 1.165) is 19.3 Å². The summed E-state index contributed by atoms with van der Waals surface area (Å²) in [5.41, 5.74) is 0. The summed E-state index contributed by atoms with van der Waals surface area (Å²) in [5, 5.41) is 0. The Labute approximate surface area is 78.1 Å². The molecule has 0 aliphatic carbocycles. The molecule has 0 amide bonds. The van der Waals surface area contributed by atoms with E-state index in [9.17, 15) is 4.79 Å². The van der Waals surface area contributed by atoms with Gasteiger partial charge >= 0.3 is 5.97 Å². The molecule has 0 unspecified atom stereocenters. The van der Waals surface area contributed by atoms with Crippen LogP contribution >= 0.6 is 0 Å². The van der Waals surface area contributed by atoms with Gasteiger partial charge in [-0.25, -0.2) is 4.79 Å². The lowest BCUT2D eigenvalue weighted by Gasteiger charge is -2.19. The molecule has 0 fully saturated rings. The zero-order valence-corrected chi connectivity index (χ0v) is 7.77. The first-order valence-corrected chi connectivity index (χ1v) is 4.22. The van der Waals surface area contributed by atoms with Crippen LogP contribution in [0.2, 0.25) is 0 Å². The Morgan fingerprint density at radius 1 is 1.62 bits per heavy atom. The van der Waals surface area contributed by atoms with E-state index in [1.54, 1.807) is 0 Å². The van der Waals surface area contributed by atoms with Crippen molar-refractivity contribution in [3.63, 3.8) is 0 Å². The van der Waals surface area contributed by atoms with Gasteiger partial charge in [0.25, 0.3) is 0 Å². The average molecular weight is 182 g/mol. The molecule has 4 heteroatoms. The Morgan fingerprint density at radius 3 is 2.85 bits per heavy atom. The first-order valence-electron chi connectivity index (χ1n) is 4.22. The lowest BCUT2D eigenvalue weighted by atomic mass is 10.6. The topological polar surface area (TPSA) is 32.8 Å². The molecule has 0 aromatic carbocycles. The lowest BCUT2D eigenvalue weighted by Crippen LogP contribution is -2.27. The Balaban J connectivity index is 2.22. The summed E-state index contributed by atoms with van der Waals surface area (Å²) < 4.78 is 4.86. The molecule has 0 spiro atoms. The summed E-state index contributed by atoms with van der Waals surface area (Å²) in [4.78, 5) is 14.7. The Morgan fingerprint density at radius 2 is 2.31 bits per heavy atom. The maximum absolute atomic E-state index is 10.7. The fraction of sp³-hybridized carbons (Fsp3) is 0.444. The molecule has 0 atom stereocenters. The van der Waals surface area contributed by atoms with E-state index in [1.807, 2.05) is 17.3 Å². The molecule has 72 valence electrons. The van der Waals surface area contributed by atoms with E-state index in [4.69, 9.17) is 4.74 Å². The van der Waals surface area contributed by atoms with Crippen LogP contribution in [0, 0.1) is 0 Å². The molecule has 0 aromatic rings. The van der Waals surface area contributed by atoms with Crippen LogP contribution in [-0.2, 0) is 9.53 Å². The molecule has 1 aliphatic heterocycles. The van der Waals surface area contributed by atoms with Crippen LogP contribution in [0.4, 0.5) is 0 Å². The summed E-state index contributed by atoms with van der Waals surface area (Å²) in [6, 6.07) is 0. The minimum atomic E-state index is -0.386. The zero-order chi connectivity index (χ0) is 9.68. The first kappa shape index (κ1) is 9.64. The van der Waals surface area contributed by atoms with Gasteiger partial charge in [-0.2, -0.15) is 0 Å². The smallest absolute Gasteiger partial charge is 0.331 e. The van der Waals surface area contributed by atoms with Gasteiger partial charge in [0.2, 0.25) is 0 Å². The number of rotatable bonds is 4. The third-order valence-electron chi connectivity index (χ3n) is 1.80. The molecule has 0 saturated heterocycles.